The van der Waals surface area contributed by atoms with Crippen molar-refractivity contribution in [1.29, 1.82) is 0 Å². The summed E-state index contributed by atoms with van der Waals surface area (Å²) in [4.78, 5) is 2.77. The summed E-state index contributed by atoms with van der Waals surface area (Å²) in [5.74, 6) is 0.913. The molecule has 0 radical (unpaired) electrons. The van der Waals surface area contributed by atoms with Crippen LogP contribution in [0, 0.1) is 0 Å². The van der Waals surface area contributed by atoms with E-state index in [4.69, 9.17) is 16.0 Å². The van der Waals surface area contributed by atoms with Gasteiger partial charge in [-0.05, 0) is 30.8 Å². The van der Waals surface area contributed by atoms with E-state index in [2.05, 4.69) is 11.8 Å². The van der Waals surface area contributed by atoms with E-state index < -0.39 is 9.84 Å². The Labute approximate surface area is 151 Å². The first-order chi connectivity index (χ1) is 12.0. The lowest BCUT2D eigenvalue weighted by Gasteiger charge is -2.24. The number of furan rings is 1. The Morgan fingerprint density at radius 3 is 2.64 bits per heavy atom. The molecule has 4 nitrogen and oxygen atoms in total. The first kappa shape index (κ1) is 16.6. The monoisotopic (exact) mass is 375 g/mol. The summed E-state index contributed by atoms with van der Waals surface area (Å²) in [6.07, 6.45) is 0.814. The number of benzene rings is 2. The molecule has 0 saturated heterocycles. The molecule has 0 fully saturated rings. The normalized spacial score (nSPS) is 15.4. The van der Waals surface area contributed by atoms with Gasteiger partial charge in [0.15, 0.2) is 5.58 Å². The van der Waals surface area contributed by atoms with Crippen LogP contribution in [0.3, 0.4) is 0 Å². The third-order valence-corrected chi connectivity index (χ3v) is 6.78. The summed E-state index contributed by atoms with van der Waals surface area (Å²) in [5, 5.41) is 1.14. The molecule has 0 unspecified atom stereocenters. The molecule has 4 rings (SSSR count). The van der Waals surface area contributed by atoms with Gasteiger partial charge in [0.05, 0.1) is 14.8 Å². The van der Waals surface area contributed by atoms with Crippen LogP contribution in [0.1, 0.15) is 18.2 Å². The molecule has 0 atom stereocenters. The average molecular weight is 376 g/mol. The van der Waals surface area contributed by atoms with E-state index in [1.807, 2.05) is 0 Å². The molecule has 6 heteroatoms. The second kappa shape index (κ2) is 6.16. The maximum absolute atomic E-state index is 12.9. The first-order valence-electron chi connectivity index (χ1n) is 8.27. The van der Waals surface area contributed by atoms with Gasteiger partial charge in [-0.25, -0.2) is 8.42 Å². The number of hydrogen-bond donors (Lipinski definition) is 0. The second-order valence-electron chi connectivity index (χ2n) is 6.22. The largest absolute Gasteiger partial charge is 0.459 e. The van der Waals surface area contributed by atoms with Gasteiger partial charge in [-0.15, -0.1) is 0 Å². The molecular weight excluding hydrogens is 358 g/mol. The minimum absolute atomic E-state index is 0.202. The lowest BCUT2D eigenvalue weighted by Crippen LogP contribution is -2.29. The zero-order chi connectivity index (χ0) is 17.6. The number of nitrogens with zero attached hydrogens (tertiary/aromatic N) is 1. The van der Waals surface area contributed by atoms with Crippen LogP contribution in [0.4, 0.5) is 0 Å². The van der Waals surface area contributed by atoms with Crippen LogP contribution in [0.15, 0.2) is 56.7 Å². The summed E-state index contributed by atoms with van der Waals surface area (Å²) in [5.41, 5.74) is 1.63. The maximum Gasteiger partial charge on any atom is 0.206 e. The molecule has 0 spiro atoms. The minimum atomic E-state index is -3.62. The molecule has 25 heavy (non-hydrogen) atoms. The van der Waals surface area contributed by atoms with E-state index in [1.165, 1.54) is 6.07 Å². The summed E-state index contributed by atoms with van der Waals surface area (Å²) in [7, 11) is -3.62. The molecule has 0 bridgehead atoms. The Kier molecular flexibility index (Phi) is 4.10. The van der Waals surface area contributed by atoms with Crippen LogP contribution >= 0.6 is 11.6 Å². The van der Waals surface area contributed by atoms with Crippen LogP contribution in [0.5, 0.6) is 0 Å². The Morgan fingerprint density at radius 2 is 1.92 bits per heavy atom. The number of rotatable bonds is 3. The zero-order valence-corrected chi connectivity index (χ0v) is 15.4. The highest BCUT2D eigenvalue weighted by Gasteiger charge is 2.26. The molecule has 2 heterocycles. The summed E-state index contributed by atoms with van der Waals surface area (Å²) < 4.78 is 31.8. The van der Waals surface area contributed by atoms with Gasteiger partial charge in [-0.1, -0.05) is 36.7 Å². The molecule has 3 aromatic rings. The molecular formula is C19H18ClNO3S. The highest BCUT2D eigenvalue weighted by Crippen LogP contribution is 2.37. The van der Waals surface area contributed by atoms with E-state index in [-0.39, 0.29) is 9.79 Å². The van der Waals surface area contributed by atoms with Crippen molar-refractivity contribution in [1.82, 2.24) is 4.90 Å². The van der Waals surface area contributed by atoms with Gasteiger partial charge in [-0.2, -0.15) is 0 Å². The van der Waals surface area contributed by atoms with Crippen molar-refractivity contribution >= 4 is 32.4 Å². The Balaban J connectivity index is 1.90. The van der Waals surface area contributed by atoms with Crippen LogP contribution in [0.2, 0.25) is 5.02 Å². The van der Waals surface area contributed by atoms with E-state index in [9.17, 15) is 8.42 Å². The summed E-state index contributed by atoms with van der Waals surface area (Å²) in [6, 6.07) is 11.6. The third kappa shape index (κ3) is 2.76. The molecule has 0 amide bonds. The lowest BCUT2D eigenvalue weighted by molar-refractivity contribution is 0.256. The topological polar surface area (TPSA) is 50.5 Å². The van der Waals surface area contributed by atoms with Crippen molar-refractivity contribution in [3.8, 4) is 0 Å². The highest BCUT2D eigenvalue weighted by atomic mass is 35.5. The summed E-state index contributed by atoms with van der Waals surface area (Å²) >= 11 is 6.37. The quantitative estimate of drug-likeness (QED) is 0.685. The number of likely N-dealkylation sites (N-methyl/N-ethyl adjacent to an activating group) is 1. The maximum atomic E-state index is 12.9. The number of sulfone groups is 1. The molecule has 0 saturated carbocycles. The Bertz CT molecular complexity index is 1040. The van der Waals surface area contributed by atoms with Crippen molar-refractivity contribution in [3.63, 3.8) is 0 Å². The fourth-order valence-electron chi connectivity index (χ4n) is 3.33. The van der Waals surface area contributed by atoms with Crippen molar-refractivity contribution in [3.05, 3.63) is 58.8 Å². The van der Waals surface area contributed by atoms with Gasteiger partial charge in [0, 0.05) is 30.5 Å². The minimum Gasteiger partial charge on any atom is -0.459 e. The summed E-state index contributed by atoms with van der Waals surface area (Å²) in [6.45, 7) is 4.76. The van der Waals surface area contributed by atoms with Crippen molar-refractivity contribution in [2.45, 2.75) is 29.7 Å². The van der Waals surface area contributed by atoms with Crippen molar-refractivity contribution in [2.75, 3.05) is 13.1 Å². The SMILES string of the molecule is CCN1CCc2oc3c(Cl)cc(S(=O)(=O)c4ccccc4)cc3c2C1. The molecule has 1 aromatic heterocycles. The third-order valence-electron chi connectivity index (χ3n) is 4.75. The predicted molar refractivity (Wildman–Crippen MR) is 97.8 cm³/mol. The molecule has 0 aliphatic carbocycles. The molecule has 0 N–H and O–H groups in total. The van der Waals surface area contributed by atoms with Crippen molar-refractivity contribution in [2.24, 2.45) is 0 Å². The fourth-order valence-corrected chi connectivity index (χ4v) is 4.99. The molecule has 1 aliphatic rings. The van der Waals surface area contributed by atoms with Crippen molar-refractivity contribution < 1.29 is 12.8 Å². The van der Waals surface area contributed by atoms with Gasteiger partial charge >= 0.3 is 0 Å². The number of fused-ring (bicyclic) bond motifs is 3. The van der Waals surface area contributed by atoms with E-state index in [0.29, 0.717) is 10.6 Å². The smallest absolute Gasteiger partial charge is 0.206 e. The lowest BCUT2D eigenvalue weighted by atomic mass is 10.0. The van der Waals surface area contributed by atoms with Crippen LogP contribution in [-0.2, 0) is 22.8 Å². The van der Waals surface area contributed by atoms with E-state index in [1.54, 1.807) is 36.4 Å². The van der Waals surface area contributed by atoms with Gasteiger partial charge in [-0.3, -0.25) is 4.90 Å². The predicted octanol–water partition coefficient (Wildman–Crippen LogP) is 4.30. The standard InChI is InChI=1S/C19H18ClNO3S/c1-2-21-9-8-18-16(12-21)15-10-14(11-17(20)19(15)24-18)25(22,23)13-6-4-3-5-7-13/h3-7,10-11H,2,8-9,12H2,1H3. The first-order valence-corrected chi connectivity index (χ1v) is 10.1. The van der Waals surface area contributed by atoms with Crippen LogP contribution in [0.25, 0.3) is 11.0 Å². The van der Waals surface area contributed by atoms with Gasteiger partial charge in [0.1, 0.15) is 5.76 Å². The molecule has 130 valence electrons. The van der Waals surface area contributed by atoms with Gasteiger partial charge < -0.3 is 4.42 Å². The highest BCUT2D eigenvalue weighted by molar-refractivity contribution is 7.91. The van der Waals surface area contributed by atoms with E-state index >= 15 is 0 Å². The zero-order valence-electron chi connectivity index (χ0n) is 13.8. The van der Waals surface area contributed by atoms with Gasteiger partial charge in [0.2, 0.25) is 9.84 Å². The average Bonchev–Trinajstić information content (AvgIpc) is 3.01. The number of hydrogen-bond acceptors (Lipinski definition) is 4. The van der Waals surface area contributed by atoms with Crippen LogP contribution in [-0.4, -0.2) is 26.4 Å². The fraction of sp³-hybridized carbons (Fsp3) is 0.263. The molecule has 2 aromatic carbocycles. The Hall–Kier alpha value is -1.82. The number of halogens is 1. The van der Waals surface area contributed by atoms with E-state index in [0.717, 1.165) is 42.8 Å². The second-order valence-corrected chi connectivity index (χ2v) is 8.58. The van der Waals surface area contributed by atoms with Gasteiger partial charge in [0.25, 0.3) is 0 Å². The Morgan fingerprint density at radius 1 is 1.16 bits per heavy atom. The molecule has 1 aliphatic heterocycles. The van der Waals surface area contributed by atoms with Crippen LogP contribution < -0.4 is 0 Å².